The number of carbonyl (C=O) groups is 1. The second-order valence-corrected chi connectivity index (χ2v) is 8.36. The van der Waals surface area contributed by atoms with Crippen molar-refractivity contribution in [2.75, 3.05) is 7.11 Å². The van der Waals surface area contributed by atoms with Crippen LogP contribution in [-0.4, -0.2) is 28.7 Å². The first-order valence-electron chi connectivity index (χ1n) is 9.53. The van der Waals surface area contributed by atoms with Gasteiger partial charge in [0.2, 0.25) is 5.91 Å². The molecule has 1 aliphatic rings. The van der Waals surface area contributed by atoms with Crippen LogP contribution in [0.1, 0.15) is 31.2 Å². The zero-order valence-corrected chi connectivity index (χ0v) is 17.0. The number of aromatic hydroxyl groups is 1. The molecular weight excluding hydrogens is 395 g/mol. The van der Waals surface area contributed by atoms with E-state index in [4.69, 9.17) is 4.74 Å². The molecule has 0 saturated heterocycles. The molecule has 2 aromatic rings. The van der Waals surface area contributed by atoms with E-state index in [1.54, 1.807) is 24.3 Å². The summed E-state index contributed by atoms with van der Waals surface area (Å²) in [6.45, 7) is 0.379. The molecule has 0 bridgehead atoms. The van der Waals surface area contributed by atoms with Gasteiger partial charge in [-0.2, -0.15) is 0 Å². The quantitative estimate of drug-likeness (QED) is 0.599. The van der Waals surface area contributed by atoms with Crippen LogP contribution in [0.3, 0.4) is 0 Å². The number of rotatable bonds is 7. The largest absolute Gasteiger partial charge is 0.593 e. The Morgan fingerprint density at radius 2 is 1.90 bits per heavy atom. The Hall–Kier alpha value is -2.29. The van der Waals surface area contributed by atoms with E-state index in [9.17, 15) is 18.8 Å². The van der Waals surface area contributed by atoms with Gasteiger partial charge < -0.3 is 19.7 Å². The molecule has 0 radical (unpaired) electrons. The van der Waals surface area contributed by atoms with E-state index >= 15 is 0 Å². The monoisotopic (exact) mass is 420 g/mol. The molecule has 8 heteroatoms. The molecule has 0 spiro atoms. The van der Waals surface area contributed by atoms with Crippen molar-refractivity contribution in [3.63, 3.8) is 0 Å². The number of benzene rings is 2. The maximum Gasteiger partial charge on any atom is 0.223 e. The van der Waals surface area contributed by atoms with Gasteiger partial charge in [-0.05, 0) is 55.5 Å². The predicted octanol–water partition coefficient (Wildman–Crippen LogP) is 3.03. The number of carbonyl (C=O) groups excluding carboxylic acids is 1. The maximum atomic E-state index is 12.9. The van der Waals surface area contributed by atoms with Crippen LogP contribution in [0.2, 0.25) is 0 Å². The SMILES string of the molecule is COc1cc([S+]([O-])N[C@H]2CC[C@H](C(=O)NCc3ccc(F)cc3)CC2)ccc1O. The lowest BCUT2D eigenvalue weighted by molar-refractivity contribution is -0.126. The first-order valence-corrected chi connectivity index (χ1v) is 10.7. The number of halogens is 1. The molecule has 1 unspecified atom stereocenters. The normalized spacial score (nSPS) is 20.1. The standard InChI is InChI=1S/C21H25FN2O4S/c1-28-20-12-18(10-11-19(20)25)29(27)24-17-8-4-15(5-9-17)21(26)23-13-14-2-6-16(22)7-3-14/h2-3,6-7,10-12,15,17,24-25H,4-5,8-9,13H2,1H3,(H,23,26)/t15-,17-,29?. The number of hydrogen-bond acceptors (Lipinski definition) is 5. The van der Waals surface area contributed by atoms with E-state index in [1.165, 1.54) is 25.3 Å². The first kappa shape index (κ1) is 21.4. The number of methoxy groups -OCH3 is 1. The van der Waals surface area contributed by atoms with Gasteiger partial charge in [0.15, 0.2) is 16.4 Å². The van der Waals surface area contributed by atoms with Crippen molar-refractivity contribution in [3.05, 3.63) is 53.8 Å². The summed E-state index contributed by atoms with van der Waals surface area (Å²) >= 11 is -1.43. The molecule has 1 atom stereocenters. The maximum absolute atomic E-state index is 12.9. The van der Waals surface area contributed by atoms with Crippen LogP contribution < -0.4 is 14.8 Å². The third kappa shape index (κ3) is 5.85. The molecule has 6 nitrogen and oxygen atoms in total. The minimum Gasteiger partial charge on any atom is -0.593 e. The summed E-state index contributed by atoms with van der Waals surface area (Å²) in [7, 11) is 1.44. The smallest absolute Gasteiger partial charge is 0.223 e. The van der Waals surface area contributed by atoms with E-state index in [1.807, 2.05) is 0 Å². The van der Waals surface area contributed by atoms with Crippen LogP contribution in [0, 0.1) is 11.7 Å². The molecule has 3 rings (SSSR count). The number of hydrogen-bond donors (Lipinski definition) is 3. The molecule has 0 heterocycles. The first-order chi connectivity index (χ1) is 14.0. The van der Waals surface area contributed by atoms with Gasteiger partial charge in [-0.15, -0.1) is 4.72 Å². The molecule has 1 amide bonds. The van der Waals surface area contributed by atoms with Crippen molar-refractivity contribution in [1.29, 1.82) is 0 Å². The zero-order valence-electron chi connectivity index (χ0n) is 16.2. The van der Waals surface area contributed by atoms with E-state index in [2.05, 4.69) is 10.0 Å². The molecular formula is C21H25FN2O4S. The van der Waals surface area contributed by atoms with Crippen molar-refractivity contribution >= 4 is 17.3 Å². The van der Waals surface area contributed by atoms with Crippen LogP contribution in [0.4, 0.5) is 4.39 Å². The van der Waals surface area contributed by atoms with Gasteiger partial charge >= 0.3 is 0 Å². The highest BCUT2D eigenvalue weighted by atomic mass is 32.2. The Balaban J connectivity index is 1.44. The van der Waals surface area contributed by atoms with Crippen molar-refractivity contribution in [3.8, 4) is 11.5 Å². The lowest BCUT2D eigenvalue weighted by Gasteiger charge is -2.28. The van der Waals surface area contributed by atoms with E-state index in [-0.39, 0.29) is 35.2 Å². The third-order valence-electron chi connectivity index (χ3n) is 5.12. The van der Waals surface area contributed by atoms with Crippen LogP contribution in [0.5, 0.6) is 11.5 Å². The Bertz CT molecular complexity index is 826. The summed E-state index contributed by atoms with van der Waals surface area (Å²) in [6, 6.07) is 10.7. The summed E-state index contributed by atoms with van der Waals surface area (Å²) in [5.74, 6) is -0.0958. The number of phenols is 1. The molecule has 1 aliphatic carbocycles. The van der Waals surface area contributed by atoms with Gasteiger partial charge in [0, 0.05) is 18.5 Å². The van der Waals surface area contributed by atoms with Crippen LogP contribution in [0.15, 0.2) is 47.4 Å². The molecule has 1 fully saturated rings. The van der Waals surface area contributed by atoms with E-state index in [0.717, 1.165) is 18.4 Å². The lowest BCUT2D eigenvalue weighted by atomic mass is 9.86. The fourth-order valence-electron chi connectivity index (χ4n) is 3.40. The minimum atomic E-state index is -1.43. The average molecular weight is 421 g/mol. The molecule has 0 aliphatic heterocycles. The summed E-state index contributed by atoms with van der Waals surface area (Å²) in [4.78, 5) is 12.9. The summed E-state index contributed by atoms with van der Waals surface area (Å²) in [5, 5.41) is 12.6. The molecule has 1 saturated carbocycles. The highest BCUT2D eigenvalue weighted by Crippen LogP contribution is 2.30. The van der Waals surface area contributed by atoms with E-state index in [0.29, 0.717) is 24.3 Å². The molecule has 2 aromatic carbocycles. The fourth-order valence-corrected chi connectivity index (χ4v) is 4.48. The molecule has 29 heavy (non-hydrogen) atoms. The van der Waals surface area contributed by atoms with Crippen molar-refractivity contribution in [2.24, 2.45) is 5.92 Å². The predicted molar refractivity (Wildman–Crippen MR) is 108 cm³/mol. The average Bonchev–Trinajstić information content (AvgIpc) is 2.74. The number of phenolic OH excluding ortho intramolecular Hbond substituents is 1. The fraction of sp³-hybridized carbons (Fsp3) is 0.381. The minimum absolute atomic E-state index is 0.000378. The molecule has 156 valence electrons. The van der Waals surface area contributed by atoms with Gasteiger partial charge in [-0.25, -0.2) is 4.39 Å². The highest BCUT2D eigenvalue weighted by Gasteiger charge is 2.29. The number of nitrogens with one attached hydrogen (secondary N) is 2. The van der Waals surface area contributed by atoms with Gasteiger partial charge in [-0.3, -0.25) is 4.79 Å². The van der Waals surface area contributed by atoms with Crippen LogP contribution >= 0.6 is 0 Å². The lowest BCUT2D eigenvalue weighted by Crippen LogP contribution is -2.40. The van der Waals surface area contributed by atoms with Crippen LogP contribution in [0.25, 0.3) is 0 Å². The number of amides is 1. The molecule has 3 N–H and O–H groups in total. The second-order valence-electron chi connectivity index (χ2n) is 7.11. The Morgan fingerprint density at radius 1 is 1.21 bits per heavy atom. The van der Waals surface area contributed by atoms with Crippen molar-refractivity contribution < 1.29 is 23.6 Å². The number of ether oxygens (including phenoxy) is 1. The van der Waals surface area contributed by atoms with Gasteiger partial charge in [0.05, 0.1) is 24.5 Å². The summed E-state index contributed by atoms with van der Waals surface area (Å²) < 4.78 is 33.6. The Kier molecular flexibility index (Phi) is 7.35. The highest BCUT2D eigenvalue weighted by molar-refractivity contribution is 7.89. The van der Waals surface area contributed by atoms with Crippen LogP contribution in [-0.2, 0) is 22.7 Å². The second kappa shape index (κ2) is 9.96. The zero-order chi connectivity index (χ0) is 20.8. The molecule has 0 aromatic heterocycles. The van der Waals surface area contributed by atoms with Crippen molar-refractivity contribution in [1.82, 2.24) is 10.0 Å². The topological polar surface area (TPSA) is 93.7 Å². The summed E-state index contributed by atoms with van der Waals surface area (Å²) in [5.41, 5.74) is 0.856. The Labute approximate surface area is 172 Å². The van der Waals surface area contributed by atoms with Crippen molar-refractivity contribution in [2.45, 2.75) is 43.2 Å². The van der Waals surface area contributed by atoms with Gasteiger partial charge in [0.1, 0.15) is 5.82 Å². The van der Waals surface area contributed by atoms with Gasteiger partial charge in [-0.1, -0.05) is 12.1 Å². The third-order valence-corrected chi connectivity index (χ3v) is 6.35. The summed E-state index contributed by atoms with van der Waals surface area (Å²) in [6.07, 6.45) is 2.91. The Morgan fingerprint density at radius 3 is 2.55 bits per heavy atom. The van der Waals surface area contributed by atoms with E-state index < -0.39 is 11.4 Å². The van der Waals surface area contributed by atoms with Gasteiger partial charge in [0.25, 0.3) is 0 Å².